The summed E-state index contributed by atoms with van der Waals surface area (Å²) in [5.74, 6) is -4.99. The van der Waals surface area contributed by atoms with E-state index < -0.39 is 23.9 Å². The molecule has 2 amide bonds. The number of hydrogen-bond acceptors (Lipinski definition) is 7. The van der Waals surface area contributed by atoms with Gasteiger partial charge < -0.3 is 30.2 Å². The van der Waals surface area contributed by atoms with E-state index in [0.717, 1.165) is 69.4 Å². The lowest BCUT2D eigenvalue weighted by molar-refractivity contribution is -0.134. The first kappa shape index (κ1) is 37.7. The number of halogens is 2. The lowest BCUT2D eigenvalue weighted by Gasteiger charge is -2.39. The molecule has 2 fully saturated rings. The second kappa shape index (κ2) is 17.9. The summed E-state index contributed by atoms with van der Waals surface area (Å²) in [6.45, 7) is 7.45. The molecule has 2 aliphatic heterocycles. The first-order valence-electron chi connectivity index (χ1n) is 15.0. The van der Waals surface area contributed by atoms with Crippen LogP contribution in [0.2, 0.25) is 5.02 Å². The van der Waals surface area contributed by atoms with Crippen LogP contribution >= 0.6 is 11.6 Å². The number of carbonyl (C=O) groups is 5. The van der Waals surface area contributed by atoms with Crippen LogP contribution in [0.3, 0.4) is 0 Å². The molecule has 4 N–H and O–H groups in total. The van der Waals surface area contributed by atoms with E-state index in [1.54, 1.807) is 17.0 Å². The van der Waals surface area contributed by atoms with Gasteiger partial charge in [0.2, 0.25) is 0 Å². The second-order valence-corrected chi connectivity index (χ2v) is 11.7. The molecule has 0 spiro atoms. The maximum absolute atomic E-state index is 13.5. The number of amides is 2. The summed E-state index contributed by atoms with van der Waals surface area (Å²) in [5.41, 5.74) is 3.77. The Bertz CT molecular complexity index is 1460. The first-order valence-corrected chi connectivity index (χ1v) is 15.4. The Balaban J connectivity index is 0.000000325. The highest BCUT2D eigenvalue weighted by Gasteiger charge is 2.37. The summed E-state index contributed by atoms with van der Waals surface area (Å²) in [6, 6.07) is 13.7. The molecule has 2 aromatic carbocycles. The lowest BCUT2D eigenvalue weighted by atomic mass is 9.93. The number of piperazine rings is 1. The lowest BCUT2D eigenvalue weighted by Crippen LogP contribution is -2.49. The van der Waals surface area contributed by atoms with Crippen molar-refractivity contribution < 1.29 is 48.8 Å². The third-order valence-corrected chi connectivity index (χ3v) is 8.32. The Kier molecular flexibility index (Phi) is 14.1. The van der Waals surface area contributed by atoms with E-state index in [1.807, 2.05) is 30.1 Å². The van der Waals surface area contributed by atoms with Crippen molar-refractivity contribution in [3.63, 3.8) is 0 Å². The van der Waals surface area contributed by atoms with E-state index in [1.165, 1.54) is 11.1 Å². The first-order chi connectivity index (χ1) is 22.7. The Morgan fingerprint density at radius 2 is 1.31 bits per heavy atom. The number of aliphatic carboxylic acids is 4. The van der Waals surface area contributed by atoms with E-state index in [-0.39, 0.29) is 17.8 Å². The van der Waals surface area contributed by atoms with Crippen LogP contribution in [0, 0.1) is 5.82 Å². The molecule has 48 heavy (non-hydrogen) atoms. The molecule has 2 heterocycles. The quantitative estimate of drug-likeness (QED) is 0.284. The molecule has 0 aromatic heterocycles. The van der Waals surface area contributed by atoms with Crippen LogP contribution in [0.25, 0.3) is 0 Å². The number of rotatable bonds is 9. The van der Waals surface area contributed by atoms with Crippen molar-refractivity contribution in [2.75, 3.05) is 59.4 Å². The molecule has 3 aliphatic rings. The number of benzene rings is 2. The van der Waals surface area contributed by atoms with Crippen molar-refractivity contribution in [1.29, 1.82) is 0 Å². The minimum Gasteiger partial charge on any atom is -0.478 e. The van der Waals surface area contributed by atoms with Crippen molar-refractivity contribution in [1.82, 2.24) is 19.6 Å². The predicted molar refractivity (Wildman–Crippen MR) is 173 cm³/mol. The van der Waals surface area contributed by atoms with Crippen LogP contribution in [0.15, 0.2) is 66.8 Å². The van der Waals surface area contributed by atoms with Crippen molar-refractivity contribution in [2.45, 2.75) is 18.4 Å². The van der Waals surface area contributed by atoms with E-state index in [4.69, 9.17) is 32.0 Å². The predicted octanol–water partition coefficient (Wildman–Crippen LogP) is 3.46. The fourth-order valence-electron chi connectivity index (χ4n) is 5.74. The highest BCUT2D eigenvalue weighted by atomic mass is 35.5. The minimum absolute atomic E-state index is 0.150. The number of urea groups is 1. The summed E-state index contributed by atoms with van der Waals surface area (Å²) < 4.78 is 13.5. The molecular weight excluding hydrogens is 651 g/mol. The molecule has 1 aliphatic carbocycles. The van der Waals surface area contributed by atoms with Crippen LogP contribution in [0.4, 0.5) is 9.18 Å². The average Bonchev–Trinajstić information content (AvgIpc) is 3.58. The monoisotopic (exact) mass is 688 g/mol. The third kappa shape index (κ3) is 11.5. The van der Waals surface area contributed by atoms with Crippen LogP contribution < -0.4 is 0 Å². The summed E-state index contributed by atoms with van der Waals surface area (Å²) in [7, 11) is 1.87. The SMILES string of the molecule is CN1CCN(CCN2CCN([C@H]3C[C@H](c4ccc(F)cc4)c4cc(Cl)ccc43)CC2)C1=O.O=C(O)/C=C\C(=O)O.O=C(O)/C=C\C(=O)O. The topological polar surface area (TPSA) is 179 Å². The van der Waals surface area contributed by atoms with Gasteiger partial charge in [-0.05, 0) is 47.4 Å². The Hall–Kier alpha value is -4.79. The van der Waals surface area contributed by atoms with Crippen LogP contribution in [-0.2, 0) is 19.2 Å². The molecule has 0 unspecified atom stereocenters. The van der Waals surface area contributed by atoms with Gasteiger partial charge in [0.25, 0.3) is 0 Å². The van der Waals surface area contributed by atoms with E-state index in [9.17, 15) is 28.4 Å². The molecule has 0 radical (unpaired) electrons. The van der Waals surface area contributed by atoms with E-state index in [2.05, 4.69) is 21.9 Å². The van der Waals surface area contributed by atoms with Gasteiger partial charge in [-0.1, -0.05) is 29.8 Å². The van der Waals surface area contributed by atoms with Gasteiger partial charge in [0, 0.05) is 101 Å². The third-order valence-electron chi connectivity index (χ3n) is 8.09. The van der Waals surface area contributed by atoms with Crippen molar-refractivity contribution in [3.8, 4) is 0 Å². The largest absolute Gasteiger partial charge is 0.478 e. The Labute approximate surface area is 281 Å². The number of likely N-dealkylation sites (N-methyl/N-ethyl adjacent to an activating group) is 1. The molecular formula is C33H38ClFN4O9. The van der Waals surface area contributed by atoms with Gasteiger partial charge in [-0.2, -0.15) is 0 Å². The Morgan fingerprint density at radius 3 is 1.79 bits per heavy atom. The zero-order chi connectivity index (χ0) is 35.4. The summed E-state index contributed by atoms with van der Waals surface area (Å²) in [4.78, 5) is 59.1. The Morgan fingerprint density at radius 1 is 0.771 bits per heavy atom. The number of carboxylic acids is 4. The van der Waals surface area contributed by atoms with Gasteiger partial charge >= 0.3 is 29.9 Å². The summed E-state index contributed by atoms with van der Waals surface area (Å²) in [5, 5.41) is 32.0. The zero-order valence-electron chi connectivity index (χ0n) is 26.2. The molecule has 15 heteroatoms. The molecule has 2 saturated heterocycles. The number of carboxylic acid groups (broad SMARTS) is 4. The van der Waals surface area contributed by atoms with Gasteiger partial charge in [-0.3, -0.25) is 9.80 Å². The molecule has 2 aromatic rings. The van der Waals surface area contributed by atoms with Crippen molar-refractivity contribution in [3.05, 3.63) is 94.3 Å². The summed E-state index contributed by atoms with van der Waals surface area (Å²) in [6.07, 6.45) is 3.23. The second-order valence-electron chi connectivity index (χ2n) is 11.2. The summed E-state index contributed by atoms with van der Waals surface area (Å²) >= 11 is 6.35. The average molecular weight is 689 g/mol. The van der Waals surface area contributed by atoms with Gasteiger partial charge in [0.15, 0.2) is 0 Å². The molecule has 258 valence electrons. The molecule has 0 saturated carbocycles. The van der Waals surface area contributed by atoms with Crippen molar-refractivity contribution in [2.24, 2.45) is 0 Å². The number of hydrogen-bond donors (Lipinski definition) is 4. The van der Waals surface area contributed by atoms with Crippen LogP contribution in [-0.4, -0.2) is 129 Å². The normalized spacial score (nSPS) is 19.4. The van der Waals surface area contributed by atoms with E-state index in [0.29, 0.717) is 30.3 Å². The molecule has 13 nitrogen and oxygen atoms in total. The fraction of sp³-hybridized carbons (Fsp3) is 0.364. The number of carbonyl (C=O) groups excluding carboxylic acids is 1. The molecule has 0 bridgehead atoms. The standard InChI is InChI=1S/C25H30ClFN4O.2C4H4O4/c1-28-8-12-31(25(28)32)15-11-29-9-13-30(14-10-29)24-17-22(18-2-5-20(27)6-3-18)23-16-19(26)4-7-21(23)24;2*5-3(6)1-2-4(7)8/h2-7,16,22,24H,8-15,17H2,1H3;2*1-2H,(H,5,6)(H,7,8)/b;2*2-1-/t22-,24+;;/m1../s1. The molecule has 5 rings (SSSR count). The number of nitrogens with zero attached hydrogens (tertiary/aromatic N) is 4. The van der Waals surface area contributed by atoms with Gasteiger partial charge in [0.1, 0.15) is 5.82 Å². The van der Waals surface area contributed by atoms with Crippen molar-refractivity contribution >= 4 is 41.5 Å². The van der Waals surface area contributed by atoms with Crippen LogP contribution in [0.1, 0.15) is 35.1 Å². The fourth-order valence-corrected chi connectivity index (χ4v) is 5.92. The van der Waals surface area contributed by atoms with Gasteiger partial charge in [-0.25, -0.2) is 28.4 Å². The van der Waals surface area contributed by atoms with Gasteiger partial charge in [0.05, 0.1) is 0 Å². The van der Waals surface area contributed by atoms with E-state index >= 15 is 0 Å². The molecule has 2 atom stereocenters. The smallest absolute Gasteiger partial charge is 0.328 e. The maximum atomic E-state index is 13.5. The van der Waals surface area contributed by atoms with Crippen LogP contribution in [0.5, 0.6) is 0 Å². The number of fused-ring (bicyclic) bond motifs is 1. The minimum atomic E-state index is -1.26. The zero-order valence-corrected chi connectivity index (χ0v) is 27.0. The van der Waals surface area contributed by atoms with Gasteiger partial charge in [-0.15, -0.1) is 0 Å². The maximum Gasteiger partial charge on any atom is 0.328 e. The highest BCUT2D eigenvalue weighted by Crippen LogP contribution is 2.47. The highest BCUT2D eigenvalue weighted by molar-refractivity contribution is 6.30.